The molecule has 16 nitrogen and oxygen atoms in total. The number of hydrogen-bond donors (Lipinski definition) is 4. The Morgan fingerprint density at radius 2 is 0.929 bits per heavy atom. The maximum atomic E-state index is 9.37. The van der Waals surface area contributed by atoms with E-state index in [1.165, 1.54) is 12.7 Å². The van der Waals surface area contributed by atoms with Crippen molar-refractivity contribution in [2.75, 3.05) is 22.1 Å². The van der Waals surface area contributed by atoms with Crippen LogP contribution in [0.5, 0.6) is 0 Å². The number of fused-ring (bicyclic) bond motifs is 2. The first-order chi connectivity index (χ1) is 27.4. The van der Waals surface area contributed by atoms with Crippen LogP contribution in [0.2, 0.25) is 0 Å². The van der Waals surface area contributed by atoms with E-state index in [-0.39, 0.29) is 34.8 Å². The minimum Gasteiger partial charge on any atom is -0.382 e. The first-order valence-electron chi connectivity index (χ1n) is 17.3. The molecule has 56 heavy (non-hydrogen) atoms. The van der Waals surface area contributed by atoms with E-state index in [1.54, 1.807) is 12.4 Å². The van der Waals surface area contributed by atoms with E-state index in [2.05, 4.69) is 60.9 Å². The summed E-state index contributed by atoms with van der Waals surface area (Å²) < 4.78 is 0. The number of benzene rings is 2. The van der Waals surface area contributed by atoms with Gasteiger partial charge in [0.05, 0.1) is 45.9 Å². The van der Waals surface area contributed by atoms with Gasteiger partial charge in [0.1, 0.15) is 59.2 Å². The van der Waals surface area contributed by atoms with Crippen LogP contribution in [0.15, 0.2) is 110 Å². The first kappa shape index (κ1) is 36.1. The molecule has 6 heterocycles. The number of nitrogen functional groups attached to an aromatic ring is 2. The maximum Gasteiger partial charge on any atom is 0.150 e. The number of pyridine rings is 2. The summed E-state index contributed by atoms with van der Waals surface area (Å²) in [6.07, 6.45) is 6.12. The molecule has 0 spiro atoms. The fourth-order valence-corrected chi connectivity index (χ4v) is 6.09. The zero-order valence-electron chi connectivity index (χ0n) is 30.1. The monoisotopic (exact) mass is 736 g/mol. The molecule has 16 heteroatoms. The molecule has 0 aliphatic carbocycles. The summed E-state index contributed by atoms with van der Waals surface area (Å²) in [7, 11) is 0. The summed E-state index contributed by atoms with van der Waals surface area (Å²) >= 11 is 0. The highest BCUT2D eigenvalue weighted by molar-refractivity contribution is 5.95. The average molecular weight is 737 g/mol. The molecule has 8 rings (SSSR count). The standard InChI is InChI=1S/2C20H16N8/c2*1-12(26-20-14(10-21)19(22)24-11-25-20)18-17(16-8-4-5-9-23-16)13-6-2-3-7-15(13)27-28-18/h2*2-9,11-12H,1H3,(H3,22,24,25,26)/t2*12-/m10/s1. The normalized spacial score (nSPS) is 11.7. The molecular weight excluding hydrogens is 705 g/mol. The van der Waals surface area contributed by atoms with Crippen molar-refractivity contribution in [2.45, 2.75) is 25.9 Å². The van der Waals surface area contributed by atoms with Crippen molar-refractivity contribution in [2.24, 2.45) is 0 Å². The molecule has 0 bridgehead atoms. The van der Waals surface area contributed by atoms with Crippen LogP contribution >= 0.6 is 0 Å². The number of nitrogens with two attached hydrogens (primary N) is 2. The van der Waals surface area contributed by atoms with E-state index in [1.807, 2.05) is 111 Å². The largest absolute Gasteiger partial charge is 0.382 e. The van der Waals surface area contributed by atoms with Gasteiger partial charge in [0, 0.05) is 34.3 Å². The van der Waals surface area contributed by atoms with Gasteiger partial charge in [-0.05, 0) is 50.2 Å². The van der Waals surface area contributed by atoms with Crippen molar-refractivity contribution in [1.29, 1.82) is 10.5 Å². The number of nitrogens with one attached hydrogen (secondary N) is 2. The third-order valence-corrected chi connectivity index (χ3v) is 8.74. The van der Waals surface area contributed by atoms with Crippen LogP contribution in [0.1, 0.15) is 48.4 Å². The molecule has 6 N–H and O–H groups in total. The molecule has 0 saturated heterocycles. The molecule has 2 atom stereocenters. The average Bonchev–Trinajstić information content (AvgIpc) is 3.24. The quantitative estimate of drug-likeness (QED) is 0.135. The molecule has 2 aromatic carbocycles. The minimum absolute atomic E-state index is 0.127. The molecule has 0 saturated carbocycles. The second-order valence-electron chi connectivity index (χ2n) is 12.3. The highest BCUT2D eigenvalue weighted by Crippen LogP contribution is 2.35. The van der Waals surface area contributed by atoms with Crippen LogP contribution in [-0.2, 0) is 0 Å². The molecule has 0 amide bonds. The highest BCUT2D eigenvalue weighted by Gasteiger charge is 2.22. The molecule has 0 radical (unpaired) electrons. The van der Waals surface area contributed by atoms with Crippen LogP contribution in [0.4, 0.5) is 23.3 Å². The van der Waals surface area contributed by atoms with Crippen LogP contribution in [0, 0.1) is 22.7 Å². The van der Waals surface area contributed by atoms with Gasteiger partial charge in [-0.1, -0.05) is 48.5 Å². The Morgan fingerprint density at radius 3 is 1.32 bits per heavy atom. The molecule has 0 aliphatic rings. The fourth-order valence-electron chi connectivity index (χ4n) is 6.09. The molecule has 6 aromatic heterocycles. The number of aromatic nitrogens is 10. The summed E-state index contributed by atoms with van der Waals surface area (Å²) in [4.78, 5) is 25.0. The number of hydrogen-bond acceptors (Lipinski definition) is 16. The van der Waals surface area contributed by atoms with Gasteiger partial charge in [0.25, 0.3) is 0 Å². The molecule has 8 aromatic rings. The van der Waals surface area contributed by atoms with E-state index >= 15 is 0 Å². The van der Waals surface area contributed by atoms with Crippen molar-refractivity contribution in [1.82, 2.24) is 50.3 Å². The van der Waals surface area contributed by atoms with Gasteiger partial charge in [0.15, 0.2) is 0 Å². The van der Waals surface area contributed by atoms with Crippen molar-refractivity contribution < 1.29 is 0 Å². The van der Waals surface area contributed by atoms with Gasteiger partial charge >= 0.3 is 0 Å². The lowest BCUT2D eigenvalue weighted by Gasteiger charge is -2.18. The Kier molecular flexibility index (Phi) is 10.4. The predicted molar refractivity (Wildman–Crippen MR) is 212 cm³/mol. The molecule has 0 unspecified atom stereocenters. The zero-order chi connectivity index (χ0) is 39.0. The van der Waals surface area contributed by atoms with Crippen LogP contribution in [-0.4, -0.2) is 50.3 Å². The molecule has 272 valence electrons. The van der Waals surface area contributed by atoms with Crippen molar-refractivity contribution >= 4 is 45.1 Å². The molecule has 0 fully saturated rings. The Morgan fingerprint density at radius 1 is 0.518 bits per heavy atom. The molecule has 0 aliphatic heterocycles. The summed E-state index contributed by atoms with van der Waals surface area (Å²) in [6.45, 7) is 3.84. The topological polar surface area (TPSA) is 253 Å². The lowest BCUT2D eigenvalue weighted by Crippen LogP contribution is -2.14. The van der Waals surface area contributed by atoms with Crippen LogP contribution in [0.25, 0.3) is 44.3 Å². The van der Waals surface area contributed by atoms with Crippen LogP contribution < -0.4 is 22.1 Å². The first-order valence-corrected chi connectivity index (χ1v) is 17.3. The van der Waals surface area contributed by atoms with E-state index in [9.17, 15) is 10.5 Å². The second-order valence-corrected chi connectivity index (χ2v) is 12.3. The molecular formula is C40H32N16. The van der Waals surface area contributed by atoms with E-state index < -0.39 is 0 Å². The summed E-state index contributed by atoms with van der Waals surface area (Å²) in [5.74, 6) is 0.956. The van der Waals surface area contributed by atoms with E-state index in [0.29, 0.717) is 23.0 Å². The van der Waals surface area contributed by atoms with Gasteiger partial charge in [-0.3, -0.25) is 9.97 Å². The Balaban J connectivity index is 0.000000172. The van der Waals surface area contributed by atoms with E-state index in [4.69, 9.17) is 11.5 Å². The van der Waals surface area contributed by atoms with Gasteiger partial charge < -0.3 is 22.1 Å². The SMILES string of the molecule is C[C@@H](Nc1ncnc(N)c1C#N)c1nnc2ccccc2c1-c1ccccn1.C[C@H](Nc1ncnc(N)c1C#N)c1nnc2ccccc2c1-c1ccccn1. The number of anilines is 4. The lowest BCUT2D eigenvalue weighted by atomic mass is 10.00. The minimum atomic E-state index is -0.310. The van der Waals surface area contributed by atoms with Gasteiger partial charge in [-0.2, -0.15) is 30.9 Å². The third kappa shape index (κ3) is 7.34. The Labute approximate surface area is 320 Å². The zero-order valence-corrected chi connectivity index (χ0v) is 30.1. The second kappa shape index (κ2) is 16.2. The fraction of sp³-hybridized carbons (Fsp3) is 0.100. The van der Waals surface area contributed by atoms with Crippen molar-refractivity contribution in [3.8, 4) is 34.7 Å². The maximum absolute atomic E-state index is 9.37. The summed E-state index contributed by atoms with van der Waals surface area (Å²) in [5, 5.41) is 44.6. The predicted octanol–water partition coefficient (Wildman–Crippen LogP) is 6.22. The van der Waals surface area contributed by atoms with Crippen molar-refractivity contribution in [3.05, 3.63) is 132 Å². The van der Waals surface area contributed by atoms with Crippen molar-refractivity contribution in [3.63, 3.8) is 0 Å². The van der Waals surface area contributed by atoms with Gasteiger partial charge in [-0.25, -0.2) is 19.9 Å². The number of rotatable bonds is 8. The smallest absolute Gasteiger partial charge is 0.150 e. The summed E-state index contributed by atoms with van der Waals surface area (Å²) in [5.41, 5.74) is 18.3. The van der Waals surface area contributed by atoms with Gasteiger partial charge in [0.2, 0.25) is 0 Å². The highest BCUT2D eigenvalue weighted by atomic mass is 15.2. The number of nitrogens with zero attached hydrogens (tertiary/aromatic N) is 12. The van der Waals surface area contributed by atoms with E-state index in [0.717, 1.165) is 44.3 Å². The Hall–Kier alpha value is -8.24. The van der Waals surface area contributed by atoms with Gasteiger partial charge in [-0.15, -0.1) is 0 Å². The number of nitriles is 2. The Bertz CT molecular complexity index is 2560. The third-order valence-electron chi connectivity index (χ3n) is 8.74. The van der Waals surface area contributed by atoms with Crippen LogP contribution in [0.3, 0.4) is 0 Å². The summed E-state index contributed by atoms with van der Waals surface area (Å²) in [6, 6.07) is 30.5. The lowest BCUT2D eigenvalue weighted by molar-refractivity contribution is 0.803.